The lowest BCUT2D eigenvalue weighted by Crippen LogP contribution is -2.39. The molecule has 18 heavy (non-hydrogen) atoms. The lowest BCUT2D eigenvalue weighted by molar-refractivity contribution is -0.121. The van der Waals surface area contributed by atoms with Crippen molar-refractivity contribution in [1.82, 2.24) is 10.2 Å². The number of likely N-dealkylation sites (N-methyl/N-ethyl adjacent to an activating group) is 2. The third-order valence-electron chi connectivity index (χ3n) is 2.37. The molecule has 1 aromatic heterocycles. The van der Waals surface area contributed by atoms with Gasteiger partial charge in [-0.2, -0.15) is 0 Å². The highest BCUT2D eigenvalue weighted by molar-refractivity contribution is 6.03. The van der Waals surface area contributed by atoms with Gasteiger partial charge in [0.15, 0.2) is 0 Å². The van der Waals surface area contributed by atoms with Crippen LogP contribution in [-0.4, -0.2) is 47.9 Å². The quantitative estimate of drug-likeness (QED) is 0.781. The Hall–Kier alpha value is -2.31. The summed E-state index contributed by atoms with van der Waals surface area (Å²) in [6, 6.07) is 1.20. The normalized spacial score (nSPS) is 9.89. The molecule has 0 radical (unpaired) electrons. The number of nitrogens with one attached hydrogen (secondary N) is 1. The van der Waals surface area contributed by atoms with E-state index in [9.17, 15) is 14.4 Å². The Morgan fingerprint density at radius 2 is 2.11 bits per heavy atom. The zero-order valence-electron chi connectivity index (χ0n) is 10.1. The highest BCUT2D eigenvalue weighted by Crippen LogP contribution is 2.13. The van der Waals surface area contributed by atoms with Crippen molar-refractivity contribution in [2.75, 3.05) is 20.1 Å². The number of carbonyl (C=O) groups is 3. The number of carboxylic acids is 1. The van der Waals surface area contributed by atoms with Gasteiger partial charge in [0.05, 0.1) is 12.8 Å². The zero-order valence-corrected chi connectivity index (χ0v) is 10.1. The minimum absolute atomic E-state index is 0.147. The molecule has 7 nitrogen and oxygen atoms in total. The number of amides is 2. The van der Waals surface area contributed by atoms with E-state index in [2.05, 4.69) is 5.32 Å². The second kappa shape index (κ2) is 5.85. The second-order valence-electron chi connectivity index (χ2n) is 3.46. The maximum Gasteiger partial charge on any atom is 0.339 e. The summed E-state index contributed by atoms with van der Waals surface area (Å²) < 4.78 is 4.88. The SMILES string of the molecule is CCN(CC(=O)NC)C(=O)c1occc1C(=O)O. The van der Waals surface area contributed by atoms with Gasteiger partial charge in [0, 0.05) is 13.6 Å². The Bertz CT molecular complexity index is 466. The molecule has 0 aromatic carbocycles. The van der Waals surface area contributed by atoms with Crippen molar-refractivity contribution in [3.8, 4) is 0 Å². The Labute approximate surface area is 103 Å². The summed E-state index contributed by atoms with van der Waals surface area (Å²) in [7, 11) is 1.45. The summed E-state index contributed by atoms with van der Waals surface area (Å²) in [6.45, 7) is 1.81. The van der Waals surface area contributed by atoms with E-state index in [0.29, 0.717) is 0 Å². The van der Waals surface area contributed by atoms with E-state index in [-0.39, 0.29) is 30.3 Å². The molecule has 98 valence electrons. The third-order valence-corrected chi connectivity index (χ3v) is 2.37. The van der Waals surface area contributed by atoms with Crippen LogP contribution in [-0.2, 0) is 4.79 Å². The first-order chi connectivity index (χ1) is 8.51. The molecule has 0 aliphatic heterocycles. The van der Waals surface area contributed by atoms with Crippen LogP contribution < -0.4 is 5.32 Å². The molecule has 0 spiro atoms. The topological polar surface area (TPSA) is 99.9 Å². The van der Waals surface area contributed by atoms with Crippen LogP contribution in [0.15, 0.2) is 16.7 Å². The van der Waals surface area contributed by atoms with E-state index < -0.39 is 11.9 Å². The van der Waals surface area contributed by atoms with Gasteiger partial charge in [-0.25, -0.2) is 4.79 Å². The zero-order chi connectivity index (χ0) is 13.7. The first-order valence-electron chi connectivity index (χ1n) is 5.31. The molecule has 2 N–H and O–H groups in total. The first-order valence-corrected chi connectivity index (χ1v) is 5.31. The lowest BCUT2D eigenvalue weighted by atomic mass is 10.2. The highest BCUT2D eigenvalue weighted by atomic mass is 16.4. The van der Waals surface area contributed by atoms with Crippen LogP contribution in [0.2, 0.25) is 0 Å². The van der Waals surface area contributed by atoms with Crippen LogP contribution in [0, 0.1) is 0 Å². The Morgan fingerprint density at radius 3 is 2.61 bits per heavy atom. The molecule has 0 saturated carbocycles. The molecule has 2 amide bonds. The standard InChI is InChI=1S/C11H14N2O5/c1-3-13(6-8(14)12-2)10(15)9-7(11(16)17)4-5-18-9/h4-5H,3,6H2,1-2H3,(H,12,14)(H,16,17). The summed E-state index contributed by atoms with van der Waals surface area (Å²) in [4.78, 5) is 35.3. The average Bonchev–Trinajstić information content (AvgIpc) is 2.83. The number of carboxylic acid groups (broad SMARTS) is 1. The Balaban J connectivity index is 2.93. The maximum atomic E-state index is 12.0. The van der Waals surface area contributed by atoms with Gasteiger partial charge in [-0.05, 0) is 13.0 Å². The minimum atomic E-state index is -1.25. The first kappa shape index (κ1) is 13.8. The van der Waals surface area contributed by atoms with Crippen molar-refractivity contribution in [3.05, 3.63) is 23.7 Å². The van der Waals surface area contributed by atoms with Crippen molar-refractivity contribution >= 4 is 17.8 Å². The van der Waals surface area contributed by atoms with Crippen LogP contribution in [0.4, 0.5) is 0 Å². The van der Waals surface area contributed by atoms with Crippen LogP contribution in [0.25, 0.3) is 0 Å². The maximum absolute atomic E-state index is 12.0. The van der Waals surface area contributed by atoms with E-state index in [0.717, 1.165) is 6.26 Å². The van der Waals surface area contributed by atoms with Gasteiger partial charge in [0.25, 0.3) is 5.91 Å². The molecule has 1 heterocycles. The highest BCUT2D eigenvalue weighted by Gasteiger charge is 2.25. The van der Waals surface area contributed by atoms with E-state index in [4.69, 9.17) is 9.52 Å². The lowest BCUT2D eigenvalue weighted by Gasteiger charge is -2.18. The van der Waals surface area contributed by atoms with Crippen LogP contribution >= 0.6 is 0 Å². The van der Waals surface area contributed by atoms with Gasteiger partial charge >= 0.3 is 5.97 Å². The minimum Gasteiger partial charge on any atom is -0.478 e. The molecule has 1 aromatic rings. The van der Waals surface area contributed by atoms with Crippen molar-refractivity contribution < 1.29 is 23.9 Å². The molecule has 0 saturated heterocycles. The predicted molar refractivity (Wildman–Crippen MR) is 61.3 cm³/mol. The molecule has 0 atom stereocenters. The summed E-state index contributed by atoms with van der Waals surface area (Å²) in [5.74, 6) is -2.48. The molecule has 7 heteroatoms. The molecule has 0 unspecified atom stereocenters. The number of furan rings is 1. The fraction of sp³-hybridized carbons (Fsp3) is 0.364. The van der Waals surface area contributed by atoms with Crippen LogP contribution in [0.3, 0.4) is 0 Å². The average molecular weight is 254 g/mol. The molecule has 0 bridgehead atoms. The Morgan fingerprint density at radius 1 is 1.44 bits per heavy atom. The molecule has 0 fully saturated rings. The van der Waals surface area contributed by atoms with E-state index >= 15 is 0 Å². The van der Waals surface area contributed by atoms with Gasteiger partial charge in [-0.3, -0.25) is 9.59 Å². The van der Waals surface area contributed by atoms with Gasteiger partial charge in [-0.1, -0.05) is 0 Å². The number of carbonyl (C=O) groups excluding carboxylic acids is 2. The fourth-order valence-corrected chi connectivity index (χ4v) is 1.37. The van der Waals surface area contributed by atoms with Gasteiger partial charge in [0.2, 0.25) is 11.7 Å². The molecule has 1 rings (SSSR count). The van der Waals surface area contributed by atoms with Gasteiger partial charge < -0.3 is 19.7 Å². The fourth-order valence-electron chi connectivity index (χ4n) is 1.37. The summed E-state index contributed by atoms with van der Waals surface area (Å²) in [6.07, 6.45) is 1.13. The number of rotatable bonds is 5. The molecule has 0 aliphatic rings. The van der Waals surface area contributed by atoms with Crippen molar-refractivity contribution in [1.29, 1.82) is 0 Å². The largest absolute Gasteiger partial charge is 0.478 e. The van der Waals surface area contributed by atoms with Gasteiger partial charge in [-0.15, -0.1) is 0 Å². The van der Waals surface area contributed by atoms with Crippen molar-refractivity contribution in [2.45, 2.75) is 6.92 Å². The molecular weight excluding hydrogens is 240 g/mol. The predicted octanol–water partition coefficient (Wildman–Crippen LogP) is 0.186. The Kier molecular flexibility index (Phi) is 4.47. The molecular formula is C11H14N2O5. The third kappa shape index (κ3) is 2.88. The van der Waals surface area contributed by atoms with E-state index in [1.165, 1.54) is 18.0 Å². The number of hydrogen-bond donors (Lipinski definition) is 2. The van der Waals surface area contributed by atoms with Crippen LogP contribution in [0.1, 0.15) is 27.8 Å². The smallest absolute Gasteiger partial charge is 0.339 e. The number of nitrogens with zero attached hydrogens (tertiary/aromatic N) is 1. The second-order valence-corrected chi connectivity index (χ2v) is 3.46. The van der Waals surface area contributed by atoms with E-state index in [1.807, 2.05) is 0 Å². The monoisotopic (exact) mass is 254 g/mol. The van der Waals surface area contributed by atoms with Crippen molar-refractivity contribution in [3.63, 3.8) is 0 Å². The van der Waals surface area contributed by atoms with Crippen molar-refractivity contribution in [2.24, 2.45) is 0 Å². The van der Waals surface area contributed by atoms with Gasteiger partial charge in [0.1, 0.15) is 5.56 Å². The summed E-state index contributed by atoms with van der Waals surface area (Å²) in [5, 5.41) is 11.3. The van der Waals surface area contributed by atoms with E-state index in [1.54, 1.807) is 6.92 Å². The number of aromatic carboxylic acids is 1. The van der Waals surface area contributed by atoms with Crippen LogP contribution in [0.5, 0.6) is 0 Å². The summed E-state index contributed by atoms with van der Waals surface area (Å²) >= 11 is 0. The molecule has 0 aliphatic carbocycles. The summed E-state index contributed by atoms with van der Waals surface area (Å²) in [5.41, 5.74) is -0.213. The number of hydrogen-bond acceptors (Lipinski definition) is 4.